The van der Waals surface area contributed by atoms with Crippen LogP contribution in [0.2, 0.25) is 0 Å². The Bertz CT molecular complexity index is 1270. The highest BCUT2D eigenvalue weighted by molar-refractivity contribution is 5.87. The van der Waals surface area contributed by atoms with E-state index in [2.05, 4.69) is 30.6 Å². The quantitative estimate of drug-likeness (QED) is 0.335. The molecule has 0 bridgehead atoms. The number of allylic oxidation sites excluding steroid dienone is 5. The number of hydrogen-bond acceptors (Lipinski definition) is 1. The van der Waals surface area contributed by atoms with Crippen molar-refractivity contribution >= 4 is 16.5 Å². The van der Waals surface area contributed by atoms with Crippen LogP contribution in [0.15, 0.2) is 78.4 Å². The maximum atomic E-state index is 13.2. The molecule has 0 fully saturated rings. The van der Waals surface area contributed by atoms with E-state index in [0.29, 0.717) is 18.8 Å². The van der Waals surface area contributed by atoms with Crippen molar-refractivity contribution < 1.29 is 26.3 Å². The molecule has 1 aliphatic rings. The zero-order valence-corrected chi connectivity index (χ0v) is 18.7. The van der Waals surface area contributed by atoms with Crippen LogP contribution >= 0.6 is 0 Å². The zero-order valence-electron chi connectivity index (χ0n) is 18.7. The van der Waals surface area contributed by atoms with Gasteiger partial charge in [0.1, 0.15) is 0 Å². The summed E-state index contributed by atoms with van der Waals surface area (Å²) < 4.78 is 75.4. The van der Waals surface area contributed by atoms with Crippen LogP contribution < -0.4 is 0 Å². The van der Waals surface area contributed by atoms with E-state index in [9.17, 15) is 26.3 Å². The third kappa shape index (κ3) is 5.41. The Morgan fingerprint density at radius 2 is 1.71 bits per heavy atom. The van der Waals surface area contributed by atoms with E-state index in [1.807, 2.05) is 12.1 Å². The van der Waals surface area contributed by atoms with Gasteiger partial charge in [0.15, 0.2) is 0 Å². The number of rotatable bonds is 5. The number of fused-ring (bicyclic) bond motifs is 1. The van der Waals surface area contributed by atoms with Gasteiger partial charge < -0.3 is 0 Å². The summed E-state index contributed by atoms with van der Waals surface area (Å²) in [6.07, 6.45) is -1.92. The van der Waals surface area contributed by atoms with Crippen molar-refractivity contribution in [3.8, 4) is 11.3 Å². The van der Waals surface area contributed by atoms with Gasteiger partial charge in [-0.2, -0.15) is 13.2 Å². The number of nitrogens with zero attached hydrogens (tertiary/aromatic N) is 1. The Morgan fingerprint density at radius 3 is 2.35 bits per heavy atom. The van der Waals surface area contributed by atoms with Crippen molar-refractivity contribution in [3.63, 3.8) is 0 Å². The average molecular weight is 475 g/mol. The molecular weight excluding hydrogens is 452 g/mol. The molecular formula is C27H23F6N. The van der Waals surface area contributed by atoms with Gasteiger partial charge in [-0.3, -0.25) is 4.39 Å². The van der Waals surface area contributed by atoms with Gasteiger partial charge in [-0.25, -0.2) is 13.8 Å². The van der Waals surface area contributed by atoms with Crippen LogP contribution in [0, 0.1) is 0 Å². The van der Waals surface area contributed by atoms with Crippen LogP contribution in [0.5, 0.6) is 0 Å². The molecule has 0 radical (unpaired) electrons. The van der Waals surface area contributed by atoms with Crippen LogP contribution in [0.25, 0.3) is 27.7 Å². The van der Waals surface area contributed by atoms with Crippen molar-refractivity contribution in [3.05, 3.63) is 95.1 Å². The Balaban J connectivity index is 0.00000158. The minimum absolute atomic E-state index is 0.00604. The second kappa shape index (κ2) is 10.3. The summed E-state index contributed by atoms with van der Waals surface area (Å²) in [4.78, 5) is 4.43. The molecule has 1 aliphatic carbocycles. The molecule has 1 nitrogen and oxygen atoms in total. The van der Waals surface area contributed by atoms with Crippen molar-refractivity contribution in [2.24, 2.45) is 0 Å². The standard InChI is InChI=1S/C26H20F5N.CH3F/c1-3-15(2)16-4-5-17(10-16)18-6-8-23-19(11-18)7-9-24(32-23)20-12-21(25(27)28)14-22(13-20)26(29,30)31;1-2/h4-9,11-14,25H,2-3,10H2,1H3;1H3. The Morgan fingerprint density at radius 1 is 0.971 bits per heavy atom. The third-order valence-corrected chi connectivity index (χ3v) is 5.64. The first-order valence-electron chi connectivity index (χ1n) is 10.5. The smallest absolute Gasteiger partial charge is 0.255 e. The van der Waals surface area contributed by atoms with Gasteiger partial charge >= 0.3 is 6.18 Å². The van der Waals surface area contributed by atoms with Gasteiger partial charge in [0, 0.05) is 16.5 Å². The second-order valence-electron chi connectivity index (χ2n) is 7.76. The minimum atomic E-state index is -4.73. The molecule has 0 amide bonds. The van der Waals surface area contributed by atoms with Gasteiger partial charge in [0.25, 0.3) is 6.43 Å². The normalized spacial score (nSPS) is 13.4. The fraction of sp³-hybridized carbons (Fsp3) is 0.222. The van der Waals surface area contributed by atoms with E-state index in [-0.39, 0.29) is 11.3 Å². The molecule has 4 rings (SSSR count). The highest BCUT2D eigenvalue weighted by atomic mass is 19.4. The number of hydrogen-bond donors (Lipinski definition) is 0. The monoisotopic (exact) mass is 475 g/mol. The van der Waals surface area contributed by atoms with E-state index in [1.54, 1.807) is 18.2 Å². The highest BCUT2D eigenvalue weighted by Gasteiger charge is 2.32. The Kier molecular flexibility index (Phi) is 7.64. The largest absolute Gasteiger partial charge is 0.416 e. The molecule has 1 heterocycles. The summed E-state index contributed by atoms with van der Waals surface area (Å²) in [5.74, 6) is 0. The number of benzene rings is 2. The highest BCUT2D eigenvalue weighted by Crippen LogP contribution is 2.37. The van der Waals surface area contributed by atoms with Crippen molar-refractivity contribution in [2.45, 2.75) is 32.4 Å². The molecule has 1 aromatic heterocycles. The molecule has 34 heavy (non-hydrogen) atoms. The van der Waals surface area contributed by atoms with Crippen LogP contribution in [0.3, 0.4) is 0 Å². The number of pyridine rings is 1. The summed E-state index contributed by atoms with van der Waals surface area (Å²) >= 11 is 0. The first-order valence-corrected chi connectivity index (χ1v) is 10.5. The van der Waals surface area contributed by atoms with Crippen LogP contribution in [-0.2, 0) is 6.18 Å². The molecule has 0 atom stereocenters. The molecule has 0 N–H and O–H groups in total. The molecule has 3 aromatic rings. The number of aromatic nitrogens is 1. The first-order chi connectivity index (χ1) is 16.2. The lowest BCUT2D eigenvalue weighted by molar-refractivity contribution is -0.137. The predicted molar refractivity (Wildman–Crippen MR) is 124 cm³/mol. The molecule has 7 heteroatoms. The summed E-state index contributed by atoms with van der Waals surface area (Å²) in [5.41, 5.74) is 3.48. The van der Waals surface area contributed by atoms with Crippen LogP contribution in [0.1, 0.15) is 42.9 Å². The molecule has 2 aromatic carbocycles. The number of halogens is 6. The molecule has 0 saturated carbocycles. The zero-order chi connectivity index (χ0) is 25.0. The van der Waals surface area contributed by atoms with E-state index in [0.717, 1.165) is 47.1 Å². The summed E-state index contributed by atoms with van der Waals surface area (Å²) in [6, 6.07) is 11.4. The van der Waals surface area contributed by atoms with Gasteiger partial charge in [-0.1, -0.05) is 43.4 Å². The fourth-order valence-corrected chi connectivity index (χ4v) is 3.77. The van der Waals surface area contributed by atoms with E-state index in [1.165, 1.54) is 5.57 Å². The lowest BCUT2D eigenvalue weighted by atomic mass is 9.97. The lowest BCUT2D eigenvalue weighted by Crippen LogP contribution is -2.06. The molecule has 0 spiro atoms. The first kappa shape index (κ1) is 25.3. The lowest BCUT2D eigenvalue weighted by Gasteiger charge is -2.13. The fourth-order valence-electron chi connectivity index (χ4n) is 3.77. The summed E-state index contributed by atoms with van der Waals surface area (Å²) in [6.45, 7) is 6.15. The van der Waals surface area contributed by atoms with E-state index in [4.69, 9.17) is 0 Å². The molecule has 0 saturated heterocycles. The molecule has 0 aliphatic heterocycles. The number of alkyl halides is 6. The predicted octanol–water partition coefficient (Wildman–Crippen LogP) is 9.12. The van der Waals surface area contributed by atoms with E-state index >= 15 is 0 Å². The van der Waals surface area contributed by atoms with Crippen LogP contribution in [0.4, 0.5) is 26.3 Å². The topological polar surface area (TPSA) is 12.9 Å². The third-order valence-electron chi connectivity index (χ3n) is 5.64. The van der Waals surface area contributed by atoms with E-state index < -0.39 is 23.7 Å². The summed E-state index contributed by atoms with van der Waals surface area (Å²) in [7, 11) is 0.500. The minimum Gasteiger partial charge on any atom is -0.255 e. The average Bonchev–Trinajstić information content (AvgIpc) is 3.33. The van der Waals surface area contributed by atoms with Crippen molar-refractivity contribution in [2.75, 3.05) is 7.18 Å². The van der Waals surface area contributed by atoms with Crippen molar-refractivity contribution in [1.82, 2.24) is 4.98 Å². The van der Waals surface area contributed by atoms with Crippen molar-refractivity contribution in [1.29, 1.82) is 0 Å². The van der Waals surface area contributed by atoms with Gasteiger partial charge in [0.05, 0.1) is 24.0 Å². The molecule has 178 valence electrons. The maximum absolute atomic E-state index is 13.2. The van der Waals surface area contributed by atoms with Gasteiger partial charge in [-0.15, -0.1) is 0 Å². The SMILES string of the molecule is C=C(CC)C1=CC=C(c2ccc3nc(-c4cc(C(F)F)cc(C(F)(F)F)c4)ccc3c2)C1.CF. The second-order valence-corrected chi connectivity index (χ2v) is 7.76. The summed E-state index contributed by atoms with van der Waals surface area (Å²) in [5, 5.41) is 0.816. The molecule has 0 unspecified atom stereocenters. The Labute approximate surface area is 194 Å². The Hall–Kier alpha value is -3.35. The maximum Gasteiger partial charge on any atom is 0.416 e. The van der Waals surface area contributed by atoms with Gasteiger partial charge in [0.2, 0.25) is 0 Å². The van der Waals surface area contributed by atoms with Gasteiger partial charge in [-0.05, 0) is 65.9 Å². The van der Waals surface area contributed by atoms with Crippen LogP contribution in [-0.4, -0.2) is 12.2 Å².